The largest absolute Gasteiger partial charge is 0.508 e. The molecule has 0 aliphatic heterocycles. The predicted octanol–water partition coefficient (Wildman–Crippen LogP) is 3.74. The molecular formula is C17H21NO3S. The first kappa shape index (κ1) is 16.4. The summed E-state index contributed by atoms with van der Waals surface area (Å²) in [6.07, 6.45) is 0. The monoisotopic (exact) mass is 319 g/mol. The van der Waals surface area contributed by atoms with Gasteiger partial charge in [0.15, 0.2) is 0 Å². The fraction of sp³-hybridized carbons (Fsp3) is 0.294. The first-order valence-corrected chi connectivity index (χ1v) is 8.51. The summed E-state index contributed by atoms with van der Waals surface area (Å²) in [6, 6.07) is 6.72. The fourth-order valence-electron chi connectivity index (χ4n) is 2.46. The third-order valence-electron chi connectivity index (χ3n) is 4.03. The van der Waals surface area contributed by atoms with Crippen LogP contribution in [0.25, 0.3) is 0 Å². The number of anilines is 1. The first-order valence-electron chi connectivity index (χ1n) is 7.03. The van der Waals surface area contributed by atoms with Gasteiger partial charge < -0.3 is 5.11 Å². The van der Waals surface area contributed by atoms with Gasteiger partial charge in [0.1, 0.15) is 5.75 Å². The number of phenolic OH excluding ortho intramolecular Hbond substituents is 1. The van der Waals surface area contributed by atoms with Gasteiger partial charge >= 0.3 is 0 Å². The SMILES string of the molecule is Cc1ccc(NS(=O)(=O)c2c(C)c(C)cc(C)c2C)cc1O. The third kappa shape index (κ3) is 2.95. The number of rotatable bonds is 3. The van der Waals surface area contributed by atoms with Crippen molar-refractivity contribution in [1.82, 2.24) is 0 Å². The highest BCUT2D eigenvalue weighted by Gasteiger charge is 2.22. The molecule has 0 saturated carbocycles. The molecule has 118 valence electrons. The van der Waals surface area contributed by atoms with Crippen molar-refractivity contribution in [1.29, 1.82) is 0 Å². The molecular weight excluding hydrogens is 298 g/mol. The smallest absolute Gasteiger partial charge is 0.262 e. The molecule has 2 aromatic carbocycles. The van der Waals surface area contributed by atoms with E-state index in [-0.39, 0.29) is 5.75 Å². The van der Waals surface area contributed by atoms with Crippen molar-refractivity contribution >= 4 is 15.7 Å². The number of aromatic hydroxyl groups is 1. The van der Waals surface area contributed by atoms with E-state index in [1.807, 2.05) is 33.8 Å². The Bertz CT molecular complexity index is 813. The summed E-state index contributed by atoms with van der Waals surface area (Å²) in [5, 5.41) is 9.73. The summed E-state index contributed by atoms with van der Waals surface area (Å²) in [6.45, 7) is 9.18. The number of hydrogen-bond acceptors (Lipinski definition) is 3. The summed E-state index contributed by atoms with van der Waals surface area (Å²) >= 11 is 0. The number of benzene rings is 2. The molecule has 0 atom stereocenters. The molecule has 0 radical (unpaired) electrons. The maximum atomic E-state index is 12.8. The molecule has 2 aromatic rings. The number of hydrogen-bond donors (Lipinski definition) is 2. The molecule has 0 spiro atoms. The molecule has 0 amide bonds. The van der Waals surface area contributed by atoms with Gasteiger partial charge in [-0.15, -0.1) is 0 Å². The van der Waals surface area contributed by atoms with E-state index >= 15 is 0 Å². The van der Waals surface area contributed by atoms with Crippen molar-refractivity contribution < 1.29 is 13.5 Å². The summed E-state index contributed by atoms with van der Waals surface area (Å²) in [4.78, 5) is 0.310. The molecule has 0 aliphatic rings. The van der Waals surface area contributed by atoms with Crippen LogP contribution in [0.2, 0.25) is 0 Å². The van der Waals surface area contributed by atoms with E-state index in [0.717, 1.165) is 22.3 Å². The van der Waals surface area contributed by atoms with Crippen molar-refractivity contribution in [3.63, 3.8) is 0 Å². The zero-order valence-electron chi connectivity index (χ0n) is 13.5. The average Bonchev–Trinajstić information content (AvgIpc) is 2.40. The lowest BCUT2D eigenvalue weighted by molar-refractivity contribution is 0.471. The van der Waals surface area contributed by atoms with Gasteiger partial charge in [-0.2, -0.15) is 0 Å². The van der Waals surface area contributed by atoms with Crippen LogP contribution in [0, 0.1) is 34.6 Å². The van der Waals surface area contributed by atoms with Gasteiger partial charge in [-0.1, -0.05) is 12.1 Å². The Morgan fingerprint density at radius 1 is 0.864 bits per heavy atom. The van der Waals surface area contributed by atoms with Crippen LogP contribution in [-0.4, -0.2) is 13.5 Å². The van der Waals surface area contributed by atoms with E-state index in [1.165, 1.54) is 6.07 Å². The molecule has 2 rings (SSSR count). The van der Waals surface area contributed by atoms with Crippen LogP contribution in [0.15, 0.2) is 29.2 Å². The molecule has 2 N–H and O–H groups in total. The van der Waals surface area contributed by atoms with E-state index in [9.17, 15) is 13.5 Å². The lowest BCUT2D eigenvalue weighted by Gasteiger charge is -2.17. The van der Waals surface area contributed by atoms with Gasteiger partial charge in [0.25, 0.3) is 10.0 Å². The molecule has 0 heterocycles. The van der Waals surface area contributed by atoms with Gasteiger partial charge in [0, 0.05) is 6.07 Å². The number of phenols is 1. The second kappa shape index (κ2) is 5.65. The van der Waals surface area contributed by atoms with Crippen LogP contribution >= 0.6 is 0 Å². The predicted molar refractivity (Wildman–Crippen MR) is 89.0 cm³/mol. The fourth-order valence-corrected chi connectivity index (χ4v) is 4.13. The van der Waals surface area contributed by atoms with E-state index in [2.05, 4.69) is 4.72 Å². The van der Waals surface area contributed by atoms with Crippen LogP contribution in [0.5, 0.6) is 5.75 Å². The summed E-state index contributed by atoms with van der Waals surface area (Å²) in [7, 11) is -3.71. The second-order valence-corrected chi connectivity index (χ2v) is 7.32. The number of aryl methyl sites for hydroxylation is 3. The number of nitrogens with one attached hydrogen (secondary N) is 1. The topological polar surface area (TPSA) is 66.4 Å². The molecule has 0 aliphatic carbocycles. The Balaban J connectivity index is 2.54. The van der Waals surface area contributed by atoms with E-state index in [0.29, 0.717) is 16.1 Å². The van der Waals surface area contributed by atoms with E-state index in [4.69, 9.17) is 0 Å². The Morgan fingerprint density at radius 3 is 1.91 bits per heavy atom. The summed E-state index contributed by atoms with van der Waals surface area (Å²) in [5.74, 6) is 0.0640. The standard InChI is InChI=1S/C17H21NO3S/c1-10-6-7-15(9-16(10)19)18-22(20,21)17-13(4)11(2)8-12(3)14(17)5/h6-9,18-19H,1-5H3. The van der Waals surface area contributed by atoms with Crippen molar-refractivity contribution in [2.24, 2.45) is 0 Å². The van der Waals surface area contributed by atoms with Crippen LogP contribution in [0.1, 0.15) is 27.8 Å². The van der Waals surface area contributed by atoms with Crippen LogP contribution in [0.3, 0.4) is 0 Å². The zero-order chi connectivity index (χ0) is 16.7. The van der Waals surface area contributed by atoms with E-state index < -0.39 is 10.0 Å². The molecule has 4 nitrogen and oxygen atoms in total. The highest BCUT2D eigenvalue weighted by atomic mass is 32.2. The highest BCUT2D eigenvalue weighted by Crippen LogP contribution is 2.29. The van der Waals surface area contributed by atoms with Gasteiger partial charge in [-0.3, -0.25) is 4.72 Å². The molecule has 22 heavy (non-hydrogen) atoms. The van der Waals surface area contributed by atoms with Crippen molar-refractivity contribution in [3.8, 4) is 5.75 Å². The normalized spacial score (nSPS) is 11.5. The first-order chi connectivity index (χ1) is 10.1. The molecule has 5 heteroatoms. The minimum atomic E-state index is -3.71. The Morgan fingerprint density at radius 2 is 1.41 bits per heavy atom. The van der Waals surface area contributed by atoms with Gasteiger partial charge in [-0.05, 0) is 68.5 Å². The molecule has 0 saturated heterocycles. The third-order valence-corrected chi connectivity index (χ3v) is 5.68. The zero-order valence-corrected chi connectivity index (χ0v) is 14.3. The Hall–Kier alpha value is -2.01. The lowest BCUT2D eigenvalue weighted by atomic mass is 10.0. The maximum absolute atomic E-state index is 12.8. The van der Waals surface area contributed by atoms with Crippen LogP contribution in [-0.2, 0) is 10.0 Å². The highest BCUT2D eigenvalue weighted by molar-refractivity contribution is 7.92. The summed E-state index contributed by atoms with van der Waals surface area (Å²) < 4.78 is 28.1. The maximum Gasteiger partial charge on any atom is 0.262 e. The lowest BCUT2D eigenvalue weighted by Crippen LogP contribution is -2.17. The minimum absolute atomic E-state index is 0.0640. The van der Waals surface area contributed by atoms with Crippen LogP contribution < -0.4 is 4.72 Å². The summed E-state index contributed by atoms with van der Waals surface area (Å²) in [5.41, 5.74) is 4.41. The van der Waals surface area contributed by atoms with Gasteiger partial charge in [-0.25, -0.2) is 8.42 Å². The van der Waals surface area contributed by atoms with Crippen molar-refractivity contribution in [2.45, 2.75) is 39.5 Å². The average molecular weight is 319 g/mol. The Kier molecular flexibility index (Phi) is 4.20. The van der Waals surface area contributed by atoms with Gasteiger partial charge in [0.05, 0.1) is 10.6 Å². The van der Waals surface area contributed by atoms with Gasteiger partial charge in [0.2, 0.25) is 0 Å². The number of sulfonamides is 1. The Labute approximate surface area is 131 Å². The molecule has 0 unspecified atom stereocenters. The van der Waals surface area contributed by atoms with Crippen molar-refractivity contribution in [3.05, 3.63) is 52.1 Å². The molecule has 0 bridgehead atoms. The molecule has 0 aromatic heterocycles. The van der Waals surface area contributed by atoms with E-state index in [1.54, 1.807) is 19.1 Å². The second-order valence-electron chi connectivity index (χ2n) is 5.70. The minimum Gasteiger partial charge on any atom is -0.508 e. The quantitative estimate of drug-likeness (QED) is 0.906. The van der Waals surface area contributed by atoms with Crippen molar-refractivity contribution in [2.75, 3.05) is 4.72 Å². The van der Waals surface area contributed by atoms with Crippen LogP contribution in [0.4, 0.5) is 5.69 Å². The molecule has 0 fully saturated rings.